The van der Waals surface area contributed by atoms with E-state index in [0.717, 1.165) is 22.6 Å². The molecule has 116 valence electrons. The molecule has 5 heteroatoms. The van der Waals surface area contributed by atoms with Gasteiger partial charge in [-0.15, -0.1) is 0 Å². The molecule has 2 aromatic carbocycles. The van der Waals surface area contributed by atoms with Crippen molar-refractivity contribution in [2.24, 2.45) is 0 Å². The van der Waals surface area contributed by atoms with Crippen molar-refractivity contribution in [2.45, 2.75) is 6.92 Å². The van der Waals surface area contributed by atoms with E-state index in [-0.39, 0.29) is 5.91 Å². The molecule has 1 heterocycles. The third kappa shape index (κ3) is 3.16. The van der Waals surface area contributed by atoms with Gasteiger partial charge in [0.05, 0.1) is 17.7 Å². The van der Waals surface area contributed by atoms with Crippen LogP contribution in [0.5, 0.6) is 5.75 Å². The Morgan fingerprint density at radius 1 is 1.13 bits per heavy atom. The van der Waals surface area contributed by atoms with E-state index in [1.807, 2.05) is 61.5 Å². The second-order valence-corrected chi connectivity index (χ2v) is 6.75. The minimum Gasteiger partial charge on any atom is -0.497 e. The molecule has 1 amide bonds. The van der Waals surface area contributed by atoms with Crippen LogP contribution in [0.15, 0.2) is 53.4 Å². The Morgan fingerprint density at radius 3 is 2.48 bits per heavy atom. The molecule has 0 saturated carbocycles. The quantitative estimate of drug-likeness (QED) is 0.611. The van der Waals surface area contributed by atoms with Crippen LogP contribution in [0.3, 0.4) is 0 Å². The van der Waals surface area contributed by atoms with Crippen molar-refractivity contribution in [3.63, 3.8) is 0 Å². The fourth-order valence-electron chi connectivity index (χ4n) is 2.34. The highest BCUT2D eigenvalue weighted by atomic mass is 32.2. The molecular formula is C18H15NO2S2. The van der Waals surface area contributed by atoms with Crippen LogP contribution in [0.1, 0.15) is 11.1 Å². The van der Waals surface area contributed by atoms with E-state index in [0.29, 0.717) is 9.23 Å². The molecule has 2 aromatic rings. The zero-order valence-electron chi connectivity index (χ0n) is 12.8. The summed E-state index contributed by atoms with van der Waals surface area (Å²) >= 11 is 6.73. The van der Waals surface area contributed by atoms with Gasteiger partial charge in [-0.25, -0.2) is 0 Å². The number of rotatable bonds is 3. The Kier molecular flexibility index (Phi) is 4.50. The van der Waals surface area contributed by atoms with Crippen molar-refractivity contribution in [1.29, 1.82) is 0 Å². The smallest absolute Gasteiger partial charge is 0.270 e. The minimum atomic E-state index is -0.0786. The first-order valence-electron chi connectivity index (χ1n) is 7.08. The molecule has 0 aliphatic carbocycles. The van der Waals surface area contributed by atoms with Gasteiger partial charge in [0.15, 0.2) is 4.32 Å². The van der Waals surface area contributed by atoms with Gasteiger partial charge in [-0.3, -0.25) is 9.69 Å². The summed E-state index contributed by atoms with van der Waals surface area (Å²) in [5.41, 5.74) is 2.80. The maximum Gasteiger partial charge on any atom is 0.270 e. The summed E-state index contributed by atoms with van der Waals surface area (Å²) in [6.07, 6.45) is 1.86. The van der Waals surface area contributed by atoms with E-state index in [9.17, 15) is 4.79 Å². The molecule has 1 aliphatic rings. The first-order chi connectivity index (χ1) is 11.1. The molecule has 0 radical (unpaired) electrons. The van der Waals surface area contributed by atoms with Crippen LogP contribution in [-0.2, 0) is 4.79 Å². The van der Waals surface area contributed by atoms with Crippen molar-refractivity contribution >= 4 is 46.0 Å². The minimum absolute atomic E-state index is 0.0786. The highest BCUT2D eigenvalue weighted by Gasteiger charge is 2.33. The molecule has 0 N–H and O–H groups in total. The van der Waals surface area contributed by atoms with Gasteiger partial charge in [0.1, 0.15) is 5.75 Å². The summed E-state index contributed by atoms with van der Waals surface area (Å²) in [7, 11) is 1.63. The van der Waals surface area contributed by atoms with E-state index < -0.39 is 0 Å². The third-order valence-corrected chi connectivity index (χ3v) is 4.87. The second kappa shape index (κ2) is 6.56. The Balaban J connectivity index is 1.91. The summed E-state index contributed by atoms with van der Waals surface area (Å²) in [4.78, 5) is 15.0. The van der Waals surface area contributed by atoms with Crippen molar-refractivity contribution < 1.29 is 9.53 Å². The number of anilines is 1. The van der Waals surface area contributed by atoms with Crippen LogP contribution in [0, 0.1) is 6.92 Å². The predicted octanol–water partition coefficient (Wildman–Crippen LogP) is 4.41. The third-order valence-electron chi connectivity index (χ3n) is 3.56. The Labute approximate surface area is 144 Å². The first kappa shape index (κ1) is 15.8. The van der Waals surface area contributed by atoms with Crippen LogP contribution >= 0.6 is 24.0 Å². The van der Waals surface area contributed by atoms with Gasteiger partial charge in [-0.2, -0.15) is 0 Å². The first-order valence-corrected chi connectivity index (χ1v) is 8.30. The largest absolute Gasteiger partial charge is 0.497 e. The monoisotopic (exact) mass is 341 g/mol. The summed E-state index contributed by atoms with van der Waals surface area (Å²) in [6, 6.07) is 15.3. The lowest BCUT2D eigenvalue weighted by atomic mass is 10.1. The number of ether oxygens (including phenoxy) is 1. The summed E-state index contributed by atoms with van der Waals surface area (Å²) < 4.78 is 5.70. The SMILES string of the molecule is COc1ccc(/C=C2/SC(=S)N(c3ccccc3C)C2=O)cc1. The molecule has 3 nitrogen and oxygen atoms in total. The number of nitrogens with zero attached hydrogens (tertiary/aromatic N) is 1. The van der Waals surface area contributed by atoms with Crippen LogP contribution < -0.4 is 9.64 Å². The van der Waals surface area contributed by atoms with Crippen molar-refractivity contribution in [1.82, 2.24) is 0 Å². The Hall–Kier alpha value is -2.11. The number of thioether (sulfide) groups is 1. The highest BCUT2D eigenvalue weighted by molar-refractivity contribution is 8.27. The normalized spacial score (nSPS) is 16.3. The average Bonchev–Trinajstić information content (AvgIpc) is 2.83. The maximum absolute atomic E-state index is 12.7. The van der Waals surface area contributed by atoms with E-state index in [2.05, 4.69) is 0 Å². The molecule has 0 aromatic heterocycles. The van der Waals surface area contributed by atoms with Crippen LogP contribution in [0.2, 0.25) is 0 Å². The lowest BCUT2D eigenvalue weighted by Gasteiger charge is -2.16. The van der Waals surface area contributed by atoms with Gasteiger partial charge >= 0.3 is 0 Å². The van der Waals surface area contributed by atoms with Gasteiger partial charge in [-0.05, 0) is 42.3 Å². The fourth-order valence-corrected chi connectivity index (χ4v) is 3.63. The number of para-hydroxylation sites is 1. The lowest BCUT2D eigenvalue weighted by Crippen LogP contribution is -2.28. The van der Waals surface area contributed by atoms with Gasteiger partial charge in [0.25, 0.3) is 5.91 Å². The number of benzene rings is 2. The Morgan fingerprint density at radius 2 is 1.83 bits per heavy atom. The van der Waals surface area contributed by atoms with Crippen LogP contribution in [-0.4, -0.2) is 17.3 Å². The molecule has 1 saturated heterocycles. The average molecular weight is 341 g/mol. The second-order valence-electron chi connectivity index (χ2n) is 5.08. The number of aryl methyl sites for hydroxylation is 1. The molecule has 23 heavy (non-hydrogen) atoms. The van der Waals surface area contributed by atoms with Gasteiger partial charge in [-0.1, -0.05) is 54.3 Å². The summed E-state index contributed by atoms with van der Waals surface area (Å²) in [5, 5.41) is 0. The van der Waals surface area contributed by atoms with Crippen molar-refractivity contribution in [3.8, 4) is 5.75 Å². The van der Waals surface area contributed by atoms with Crippen molar-refractivity contribution in [2.75, 3.05) is 12.0 Å². The zero-order chi connectivity index (χ0) is 16.4. The topological polar surface area (TPSA) is 29.5 Å². The number of methoxy groups -OCH3 is 1. The van der Waals surface area contributed by atoms with E-state index in [4.69, 9.17) is 17.0 Å². The molecular weight excluding hydrogens is 326 g/mol. The molecule has 1 fully saturated rings. The highest BCUT2D eigenvalue weighted by Crippen LogP contribution is 2.37. The number of thiocarbonyl (C=S) groups is 1. The summed E-state index contributed by atoms with van der Waals surface area (Å²) in [6.45, 7) is 1.97. The van der Waals surface area contributed by atoms with E-state index in [1.165, 1.54) is 11.8 Å². The number of carbonyl (C=O) groups excluding carboxylic acids is 1. The summed E-state index contributed by atoms with van der Waals surface area (Å²) in [5.74, 6) is 0.708. The zero-order valence-corrected chi connectivity index (χ0v) is 14.4. The van der Waals surface area contributed by atoms with Gasteiger partial charge in [0.2, 0.25) is 0 Å². The maximum atomic E-state index is 12.7. The number of amides is 1. The number of hydrogen-bond acceptors (Lipinski definition) is 4. The Bertz CT molecular complexity index is 797. The van der Waals surface area contributed by atoms with Crippen LogP contribution in [0.4, 0.5) is 5.69 Å². The molecule has 0 unspecified atom stereocenters. The van der Waals surface area contributed by atoms with Gasteiger partial charge in [0, 0.05) is 0 Å². The molecule has 0 atom stereocenters. The molecule has 1 aliphatic heterocycles. The lowest BCUT2D eigenvalue weighted by molar-refractivity contribution is -0.113. The van der Waals surface area contributed by atoms with Crippen LogP contribution in [0.25, 0.3) is 6.08 Å². The fraction of sp³-hybridized carbons (Fsp3) is 0.111. The number of carbonyl (C=O) groups is 1. The van der Waals surface area contributed by atoms with E-state index >= 15 is 0 Å². The van der Waals surface area contributed by atoms with Gasteiger partial charge < -0.3 is 4.74 Å². The molecule has 0 spiro atoms. The predicted molar refractivity (Wildman–Crippen MR) is 99.8 cm³/mol. The molecule has 3 rings (SSSR count). The van der Waals surface area contributed by atoms with E-state index in [1.54, 1.807) is 12.0 Å². The van der Waals surface area contributed by atoms with Crippen molar-refractivity contribution in [3.05, 3.63) is 64.6 Å². The number of hydrogen-bond donors (Lipinski definition) is 0. The molecule has 0 bridgehead atoms. The standard InChI is InChI=1S/C18H15NO2S2/c1-12-5-3-4-6-15(12)19-17(20)16(23-18(19)22)11-13-7-9-14(21-2)10-8-13/h3-11H,1-2H3/b16-11+.